The molecular formula is C17H26FN3. The zero-order chi connectivity index (χ0) is 14.5. The summed E-state index contributed by atoms with van der Waals surface area (Å²) in [6.07, 6.45) is 7.93. The second kappa shape index (κ2) is 6.73. The molecule has 0 spiro atoms. The van der Waals surface area contributed by atoms with Crippen LogP contribution in [0.1, 0.15) is 49.8 Å². The monoisotopic (exact) mass is 291 g/mol. The largest absolute Gasteiger partial charge is 0.370 e. The van der Waals surface area contributed by atoms with Crippen LogP contribution in [0.5, 0.6) is 0 Å². The summed E-state index contributed by atoms with van der Waals surface area (Å²) in [5, 5.41) is 6.50. The molecule has 1 saturated heterocycles. The Labute approximate surface area is 126 Å². The fourth-order valence-corrected chi connectivity index (χ4v) is 3.36. The fourth-order valence-electron chi connectivity index (χ4n) is 3.36. The predicted molar refractivity (Wildman–Crippen MR) is 84.5 cm³/mol. The Morgan fingerprint density at radius 2 is 2.14 bits per heavy atom. The van der Waals surface area contributed by atoms with E-state index in [1.165, 1.54) is 17.7 Å². The van der Waals surface area contributed by atoms with Crippen LogP contribution in [0.3, 0.4) is 0 Å². The van der Waals surface area contributed by atoms with Gasteiger partial charge in [0.05, 0.1) is 0 Å². The number of rotatable bonds is 6. The third-order valence-corrected chi connectivity index (χ3v) is 4.70. The molecule has 1 aromatic heterocycles. The van der Waals surface area contributed by atoms with Crippen molar-refractivity contribution in [2.45, 2.75) is 57.0 Å². The number of pyridine rings is 1. The molecule has 0 amide bonds. The number of anilines is 1. The fraction of sp³-hybridized carbons (Fsp3) is 0.706. The van der Waals surface area contributed by atoms with E-state index in [0.29, 0.717) is 19.4 Å². The molecule has 2 aliphatic rings. The molecule has 0 aromatic carbocycles. The number of alkyl halides is 1. The standard InChI is InChI=1S/C17H26FN3/c18-17(10-12-19-13-17)9-3-1-2-6-15-8-7-14-5-4-11-20-16(14)21-15/h7-8,19H,1-6,9-13H2,(H,20,21). The summed E-state index contributed by atoms with van der Waals surface area (Å²) >= 11 is 0. The average molecular weight is 291 g/mol. The van der Waals surface area contributed by atoms with Crippen molar-refractivity contribution in [2.75, 3.05) is 25.0 Å². The molecule has 4 heteroatoms. The lowest BCUT2D eigenvalue weighted by atomic mass is 9.96. The molecule has 1 atom stereocenters. The van der Waals surface area contributed by atoms with Crippen LogP contribution < -0.4 is 10.6 Å². The number of halogens is 1. The van der Waals surface area contributed by atoms with Crippen LogP contribution in [-0.4, -0.2) is 30.3 Å². The Morgan fingerprint density at radius 3 is 3.00 bits per heavy atom. The first-order chi connectivity index (χ1) is 10.3. The molecule has 116 valence electrons. The van der Waals surface area contributed by atoms with Gasteiger partial charge in [-0.05, 0) is 56.7 Å². The van der Waals surface area contributed by atoms with Gasteiger partial charge in [0, 0.05) is 18.8 Å². The van der Waals surface area contributed by atoms with Gasteiger partial charge < -0.3 is 10.6 Å². The van der Waals surface area contributed by atoms with Crippen molar-refractivity contribution in [3.63, 3.8) is 0 Å². The Morgan fingerprint density at radius 1 is 1.19 bits per heavy atom. The SMILES string of the molecule is FC1(CCCCCc2ccc3c(n2)NCCC3)CCNC1. The second-order valence-corrected chi connectivity index (χ2v) is 6.48. The van der Waals surface area contributed by atoms with E-state index in [2.05, 4.69) is 22.8 Å². The van der Waals surface area contributed by atoms with E-state index in [1.54, 1.807) is 0 Å². The van der Waals surface area contributed by atoms with E-state index in [4.69, 9.17) is 4.98 Å². The van der Waals surface area contributed by atoms with E-state index in [1.807, 2.05) is 0 Å². The highest BCUT2D eigenvalue weighted by Gasteiger charge is 2.32. The minimum atomic E-state index is -0.937. The zero-order valence-electron chi connectivity index (χ0n) is 12.8. The quantitative estimate of drug-likeness (QED) is 0.790. The lowest BCUT2D eigenvalue weighted by Crippen LogP contribution is -2.25. The van der Waals surface area contributed by atoms with Gasteiger partial charge in [0.25, 0.3) is 0 Å². The topological polar surface area (TPSA) is 37.0 Å². The molecule has 0 radical (unpaired) electrons. The molecule has 2 N–H and O–H groups in total. The molecule has 3 rings (SSSR count). The molecule has 1 aromatic rings. The number of nitrogens with one attached hydrogen (secondary N) is 2. The highest BCUT2D eigenvalue weighted by Crippen LogP contribution is 2.26. The summed E-state index contributed by atoms with van der Waals surface area (Å²) in [4.78, 5) is 4.71. The summed E-state index contributed by atoms with van der Waals surface area (Å²) < 4.78 is 14.2. The number of fused-ring (bicyclic) bond motifs is 1. The molecule has 1 unspecified atom stereocenters. The Hall–Kier alpha value is -1.16. The Balaban J connectivity index is 1.39. The molecule has 1 fully saturated rings. The highest BCUT2D eigenvalue weighted by atomic mass is 19.1. The number of nitrogens with zero attached hydrogens (tertiary/aromatic N) is 1. The minimum absolute atomic E-state index is 0.547. The van der Waals surface area contributed by atoms with Crippen molar-refractivity contribution in [2.24, 2.45) is 0 Å². The van der Waals surface area contributed by atoms with Crippen molar-refractivity contribution in [3.8, 4) is 0 Å². The summed E-state index contributed by atoms with van der Waals surface area (Å²) in [7, 11) is 0. The van der Waals surface area contributed by atoms with Gasteiger partial charge in [-0.2, -0.15) is 0 Å². The first-order valence-electron chi connectivity index (χ1n) is 8.38. The first kappa shape index (κ1) is 14.8. The van der Waals surface area contributed by atoms with Crippen LogP contribution in [0.15, 0.2) is 12.1 Å². The third-order valence-electron chi connectivity index (χ3n) is 4.70. The van der Waals surface area contributed by atoms with E-state index in [0.717, 1.165) is 51.0 Å². The minimum Gasteiger partial charge on any atom is -0.370 e. The van der Waals surface area contributed by atoms with E-state index in [9.17, 15) is 4.39 Å². The maximum atomic E-state index is 14.2. The van der Waals surface area contributed by atoms with Crippen molar-refractivity contribution in [1.29, 1.82) is 0 Å². The van der Waals surface area contributed by atoms with Gasteiger partial charge in [0.1, 0.15) is 11.5 Å². The second-order valence-electron chi connectivity index (χ2n) is 6.48. The van der Waals surface area contributed by atoms with Crippen LogP contribution in [0.2, 0.25) is 0 Å². The molecule has 3 nitrogen and oxygen atoms in total. The van der Waals surface area contributed by atoms with Crippen LogP contribution in [0.25, 0.3) is 0 Å². The van der Waals surface area contributed by atoms with E-state index in [-0.39, 0.29) is 0 Å². The molecule has 2 aliphatic heterocycles. The number of aryl methyl sites for hydroxylation is 2. The molecular weight excluding hydrogens is 265 g/mol. The van der Waals surface area contributed by atoms with Crippen LogP contribution >= 0.6 is 0 Å². The van der Waals surface area contributed by atoms with Gasteiger partial charge in [0.2, 0.25) is 0 Å². The lowest BCUT2D eigenvalue weighted by Gasteiger charge is -2.18. The van der Waals surface area contributed by atoms with Gasteiger partial charge in [0.15, 0.2) is 0 Å². The molecule has 0 saturated carbocycles. The number of hydrogen-bond acceptors (Lipinski definition) is 3. The maximum Gasteiger partial charge on any atom is 0.129 e. The lowest BCUT2D eigenvalue weighted by molar-refractivity contribution is 0.171. The smallest absolute Gasteiger partial charge is 0.129 e. The number of unbranched alkanes of at least 4 members (excludes halogenated alkanes) is 2. The highest BCUT2D eigenvalue weighted by molar-refractivity contribution is 5.46. The van der Waals surface area contributed by atoms with E-state index >= 15 is 0 Å². The molecule has 0 bridgehead atoms. The Kier molecular flexibility index (Phi) is 4.73. The van der Waals surface area contributed by atoms with Crippen molar-refractivity contribution >= 4 is 5.82 Å². The van der Waals surface area contributed by atoms with Crippen LogP contribution in [-0.2, 0) is 12.8 Å². The van der Waals surface area contributed by atoms with Gasteiger partial charge in [-0.25, -0.2) is 9.37 Å². The number of aromatic nitrogens is 1. The van der Waals surface area contributed by atoms with Gasteiger partial charge in [-0.3, -0.25) is 0 Å². The van der Waals surface area contributed by atoms with Crippen LogP contribution in [0, 0.1) is 0 Å². The molecule has 0 aliphatic carbocycles. The van der Waals surface area contributed by atoms with Gasteiger partial charge in [-0.1, -0.05) is 18.9 Å². The van der Waals surface area contributed by atoms with Crippen molar-refractivity contribution in [3.05, 3.63) is 23.4 Å². The molecule has 21 heavy (non-hydrogen) atoms. The van der Waals surface area contributed by atoms with Crippen molar-refractivity contribution < 1.29 is 4.39 Å². The summed E-state index contributed by atoms with van der Waals surface area (Å²) in [6, 6.07) is 4.37. The van der Waals surface area contributed by atoms with Gasteiger partial charge >= 0.3 is 0 Å². The van der Waals surface area contributed by atoms with Crippen LogP contribution in [0.4, 0.5) is 10.2 Å². The van der Waals surface area contributed by atoms with Gasteiger partial charge in [-0.15, -0.1) is 0 Å². The Bertz CT molecular complexity index is 469. The summed E-state index contributed by atoms with van der Waals surface area (Å²) in [6.45, 7) is 2.42. The van der Waals surface area contributed by atoms with E-state index < -0.39 is 5.67 Å². The average Bonchev–Trinajstić information content (AvgIpc) is 2.94. The zero-order valence-corrected chi connectivity index (χ0v) is 12.8. The summed E-state index contributed by atoms with van der Waals surface area (Å²) in [5.41, 5.74) is 1.58. The summed E-state index contributed by atoms with van der Waals surface area (Å²) in [5.74, 6) is 1.08. The molecule has 3 heterocycles. The predicted octanol–water partition coefficient (Wildman–Crippen LogP) is 3.24. The third kappa shape index (κ3) is 3.94. The van der Waals surface area contributed by atoms with Crippen molar-refractivity contribution in [1.82, 2.24) is 10.3 Å². The number of hydrogen-bond donors (Lipinski definition) is 2. The maximum absolute atomic E-state index is 14.2. The first-order valence-corrected chi connectivity index (χ1v) is 8.38. The normalized spacial score (nSPS) is 24.6.